The highest BCUT2D eigenvalue weighted by molar-refractivity contribution is 7.22. The Balaban J connectivity index is 1.49. The fourth-order valence-corrected chi connectivity index (χ4v) is 5.90. The molecule has 0 unspecified atom stereocenters. The highest BCUT2D eigenvalue weighted by Crippen LogP contribution is 2.40. The fraction of sp³-hybridized carbons (Fsp3) is 0.208. The van der Waals surface area contributed by atoms with Crippen molar-refractivity contribution in [1.29, 1.82) is 0 Å². The first kappa shape index (κ1) is 20.7. The number of thiophene rings is 2. The van der Waals surface area contributed by atoms with E-state index in [-0.39, 0.29) is 5.91 Å². The van der Waals surface area contributed by atoms with Crippen molar-refractivity contribution in [2.24, 2.45) is 7.05 Å². The van der Waals surface area contributed by atoms with Gasteiger partial charge in [-0.1, -0.05) is 6.92 Å². The van der Waals surface area contributed by atoms with Gasteiger partial charge in [0.05, 0.1) is 20.7 Å². The van der Waals surface area contributed by atoms with Crippen LogP contribution in [-0.2, 0) is 7.05 Å². The normalized spacial score (nSPS) is 11.3. The van der Waals surface area contributed by atoms with Crippen LogP contribution in [0.3, 0.4) is 0 Å². The molecular formula is C24H22N4O2S2. The van der Waals surface area contributed by atoms with Crippen molar-refractivity contribution < 1.29 is 9.53 Å². The summed E-state index contributed by atoms with van der Waals surface area (Å²) in [7, 11) is 1.98. The molecule has 0 saturated carbocycles. The molecule has 162 valence electrons. The number of imidazole rings is 1. The monoisotopic (exact) mass is 462 g/mol. The van der Waals surface area contributed by atoms with Crippen LogP contribution in [0.25, 0.3) is 31.0 Å². The molecular weight excluding hydrogens is 440 g/mol. The van der Waals surface area contributed by atoms with Gasteiger partial charge in [-0.25, -0.2) is 4.98 Å². The zero-order valence-electron chi connectivity index (χ0n) is 18.0. The number of aromatic nitrogens is 3. The minimum atomic E-state index is -0.0134. The molecule has 0 spiro atoms. The summed E-state index contributed by atoms with van der Waals surface area (Å²) in [6.45, 7) is 4.71. The number of amides is 1. The maximum atomic E-state index is 12.6. The number of hydrogen-bond donors (Lipinski definition) is 1. The van der Waals surface area contributed by atoms with E-state index in [1.54, 1.807) is 35.1 Å². The van der Waals surface area contributed by atoms with Crippen LogP contribution < -0.4 is 10.1 Å². The molecule has 0 bridgehead atoms. The minimum Gasteiger partial charge on any atom is -0.456 e. The van der Waals surface area contributed by atoms with Crippen LogP contribution in [0.15, 0.2) is 48.9 Å². The lowest BCUT2D eigenvalue weighted by Crippen LogP contribution is -2.24. The van der Waals surface area contributed by atoms with Crippen molar-refractivity contribution in [3.63, 3.8) is 0 Å². The van der Waals surface area contributed by atoms with Gasteiger partial charge < -0.3 is 14.6 Å². The van der Waals surface area contributed by atoms with Crippen LogP contribution in [-0.4, -0.2) is 27.0 Å². The second-order valence-corrected chi connectivity index (χ2v) is 9.85. The molecule has 4 aromatic heterocycles. The molecule has 0 saturated heterocycles. The average Bonchev–Trinajstić information content (AvgIpc) is 3.47. The van der Waals surface area contributed by atoms with E-state index in [9.17, 15) is 4.79 Å². The van der Waals surface area contributed by atoms with Gasteiger partial charge in [0.1, 0.15) is 17.3 Å². The van der Waals surface area contributed by atoms with E-state index in [1.807, 2.05) is 62.0 Å². The van der Waals surface area contributed by atoms with Crippen LogP contribution in [0, 0.1) is 6.92 Å². The van der Waals surface area contributed by atoms with E-state index in [1.165, 1.54) is 0 Å². The van der Waals surface area contributed by atoms with Crippen molar-refractivity contribution in [3.05, 3.63) is 59.4 Å². The molecule has 32 heavy (non-hydrogen) atoms. The summed E-state index contributed by atoms with van der Waals surface area (Å²) < 4.78 is 10.3. The lowest BCUT2D eigenvalue weighted by Gasteiger charge is -2.07. The smallest absolute Gasteiger partial charge is 0.253 e. The predicted molar refractivity (Wildman–Crippen MR) is 131 cm³/mol. The van der Waals surface area contributed by atoms with E-state index in [0.717, 1.165) is 59.4 Å². The molecule has 6 nitrogen and oxygen atoms in total. The van der Waals surface area contributed by atoms with Gasteiger partial charge in [0.2, 0.25) is 0 Å². The van der Waals surface area contributed by atoms with Crippen LogP contribution in [0.2, 0.25) is 0 Å². The molecule has 0 radical (unpaired) electrons. The summed E-state index contributed by atoms with van der Waals surface area (Å²) in [6.07, 6.45) is 6.39. The number of rotatable bonds is 6. The highest BCUT2D eigenvalue weighted by atomic mass is 32.1. The van der Waals surface area contributed by atoms with Crippen LogP contribution in [0.1, 0.15) is 28.6 Å². The Kier molecular flexibility index (Phi) is 5.40. The van der Waals surface area contributed by atoms with Crippen LogP contribution in [0.4, 0.5) is 0 Å². The van der Waals surface area contributed by atoms with Gasteiger partial charge in [-0.15, -0.1) is 22.7 Å². The summed E-state index contributed by atoms with van der Waals surface area (Å²) in [5.74, 6) is 2.39. The predicted octanol–water partition coefficient (Wildman–Crippen LogP) is 6.15. The number of ether oxygens (including phenoxy) is 1. The van der Waals surface area contributed by atoms with Gasteiger partial charge in [-0.3, -0.25) is 9.78 Å². The van der Waals surface area contributed by atoms with E-state index < -0.39 is 0 Å². The number of hydrogen-bond acceptors (Lipinski definition) is 6. The van der Waals surface area contributed by atoms with E-state index in [2.05, 4.69) is 15.3 Å². The van der Waals surface area contributed by atoms with Gasteiger partial charge in [0, 0.05) is 53.2 Å². The number of pyridine rings is 1. The van der Waals surface area contributed by atoms with Gasteiger partial charge in [-0.05, 0) is 37.6 Å². The molecule has 5 rings (SSSR count). The molecule has 0 aliphatic heterocycles. The first-order valence-electron chi connectivity index (χ1n) is 10.4. The number of nitrogens with zero attached hydrogens (tertiary/aromatic N) is 3. The maximum Gasteiger partial charge on any atom is 0.253 e. The second kappa shape index (κ2) is 8.37. The van der Waals surface area contributed by atoms with Gasteiger partial charge in [0.25, 0.3) is 5.91 Å². The number of nitrogens with one attached hydrogen (secondary N) is 1. The molecule has 0 atom stereocenters. The first-order chi connectivity index (χ1) is 15.5. The summed E-state index contributed by atoms with van der Waals surface area (Å²) in [5, 5.41) is 3.94. The molecule has 1 N–H and O–H groups in total. The van der Waals surface area contributed by atoms with Crippen molar-refractivity contribution in [2.75, 3.05) is 6.54 Å². The number of fused-ring (bicyclic) bond motifs is 2. The summed E-state index contributed by atoms with van der Waals surface area (Å²) in [6, 6.07) is 9.83. The second-order valence-electron chi connectivity index (χ2n) is 7.55. The fourth-order valence-electron chi connectivity index (χ4n) is 3.71. The Morgan fingerprint density at radius 3 is 2.81 bits per heavy atom. The quantitative estimate of drug-likeness (QED) is 0.328. The Bertz CT molecular complexity index is 1450. The highest BCUT2D eigenvalue weighted by Gasteiger charge is 2.17. The number of aryl methyl sites for hydroxylation is 2. The Morgan fingerprint density at radius 1 is 1.16 bits per heavy atom. The largest absolute Gasteiger partial charge is 0.456 e. The van der Waals surface area contributed by atoms with Gasteiger partial charge in [0.15, 0.2) is 0 Å². The number of benzene rings is 1. The Hall–Kier alpha value is -3.23. The van der Waals surface area contributed by atoms with Crippen molar-refractivity contribution >= 4 is 48.9 Å². The third kappa shape index (κ3) is 3.65. The lowest BCUT2D eigenvalue weighted by molar-refractivity contribution is 0.0955. The molecule has 0 fully saturated rings. The summed E-state index contributed by atoms with van der Waals surface area (Å²) >= 11 is 3.23. The first-order valence-corrected chi connectivity index (χ1v) is 12.0. The topological polar surface area (TPSA) is 69.0 Å². The Morgan fingerprint density at radius 2 is 2.03 bits per heavy atom. The van der Waals surface area contributed by atoms with Gasteiger partial charge in [-0.2, -0.15) is 0 Å². The molecule has 1 amide bonds. The maximum absolute atomic E-state index is 12.6. The van der Waals surface area contributed by atoms with E-state index in [0.29, 0.717) is 6.54 Å². The third-order valence-corrected chi connectivity index (χ3v) is 7.45. The summed E-state index contributed by atoms with van der Waals surface area (Å²) in [5.41, 5.74) is 1.64. The summed E-state index contributed by atoms with van der Waals surface area (Å²) in [4.78, 5) is 23.6. The Labute approximate surface area is 193 Å². The SMILES string of the molecule is CCCNC(=O)c1c(C)sc2cc(Oc3ccnc4cc(-c5nccn5C)sc34)ccc12. The van der Waals surface area contributed by atoms with E-state index in [4.69, 9.17) is 4.74 Å². The molecule has 4 heterocycles. The van der Waals surface area contributed by atoms with Crippen molar-refractivity contribution in [3.8, 4) is 22.2 Å². The zero-order valence-corrected chi connectivity index (χ0v) is 19.6. The van der Waals surface area contributed by atoms with Crippen LogP contribution >= 0.6 is 22.7 Å². The van der Waals surface area contributed by atoms with Crippen molar-refractivity contribution in [2.45, 2.75) is 20.3 Å². The van der Waals surface area contributed by atoms with Gasteiger partial charge >= 0.3 is 0 Å². The number of carbonyl (C=O) groups excluding carboxylic acids is 1. The lowest BCUT2D eigenvalue weighted by atomic mass is 10.1. The molecule has 0 aliphatic carbocycles. The third-order valence-electron chi connectivity index (χ3n) is 5.25. The minimum absolute atomic E-state index is 0.0134. The average molecular weight is 463 g/mol. The van der Waals surface area contributed by atoms with Crippen LogP contribution in [0.5, 0.6) is 11.5 Å². The molecule has 8 heteroatoms. The van der Waals surface area contributed by atoms with Crippen molar-refractivity contribution in [1.82, 2.24) is 19.9 Å². The molecule has 1 aromatic carbocycles. The molecule has 5 aromatic rings. The zero-order chi connectivity index (χ0) is 22.2. The standard InChI is InChI=1S/C24H22N4O2S2/c1-4-8-27-24(29)21-14(2)31-19-12-15(5-6-16(19)21)30-18-7-9-25-17-13-20(32-22(17)18)23-26-10-11-28(23)3/h5-7,9-13H,4,8H2,1-3H3,(H,27,29). The molecule has 0 aliphatic rings. The van der Waals surface area contributed by atoms with E-state index >= 15 is 0 Å². The number of carbonyl (C=O) groups is 1.